The first-order valence-electron chi connectivity index (χ1n) is 10.9. The number of hydrogen-bond acceptors (Lipinski definition) is 4. The monoisotopic (exact) mass is 441 g/mol. The number of fused-ring (bicyclic) bond motifs is 1. The maximum Gasteiger partial charge on any atom is 0.242 e. The fourth-order valence-electron chi connectivity index (χ4n) is 4.49. The Bertz CT molecular complexity index is 1070. The van der Waals surface area contributed by atoms with Gasteiger partial charge in [0.15, 0.2) is 0 Å². The number of carbonyl (C=O) groups excluding carboxylic acids is 1. The molecule has 1 saturated heterocycles. The van der Waals surface area contributed by atoms with Crippen molar-refractivity contribution >= 4 is 21.6 Å². The molecule has 0 aromatic heterocycles. The molecule has 0 saturated carbocycles. The van der Waals surface area contributed by atoms with Gasteiger partial charge in [0, 0.05) is 37.3 Å². The van der Waals surface area contributed by atoms with Gasteiger partial charge in [0.2, 0.25) is 15.9 Å². The molecule has 2 aromatic carbocycles. The van der Waals surface area contributed by atoms with Gasteiger partial charge < -0.3 is 9.80 Å². The number of benzene rings is 2. The Morgan fingerprint density at radius 3 is 2.42 bits per heavy atom. The summed E-state index contributed by atoms with van der Waals surface area (Å²) in [6.07, 6.45) is 2.15. The summed E-state index contributed by atoms with van der Waals surface area (Å²) in [7, 11) is -3.64. The summed E-state index contributed by atoms with van der Waals surface area (Å²) in [6.45, 7) is 9.17. The van der Waals surface area contributed by atoms with Crippen LogP contribution in [0.5, 0.6) is 0 Å². The first kappa shape index (κ1) is 21.8. The third kappa shape index (κ3) is 4.62. The minimum absolute atomic E-state index is 0.151. The Morgan fingerprint density at radius 1 is 1.06 bits per heavy atom. The molecule has 166 valence electrons. The van der Waals surface area contributed by atoms with E-state index in [0.29, 0.717) is 13.1 Å². The summed E-state index contributed by atoms with van der Waals surface area (Å²) in [6, 6.07) is 13.1. The van der Waals surface area contributed by atoms with Crippen LogP contribution in [0.4, 0.5) is 5.69 Å². The number of rotatable bonds is 6. The number of nitrogens with one attached hydrogen (secondary N) is 1. The van der Waals surface area contributed by atoms with Gasteiger partial charge in [-0.15, -0.1) is 0 Å². The summed E-state index contributed by atoms with van der Waals surface area (Å²) in [5.41, 5.74) is 3.75. The average molecular weight is 442 g/mol. The number of amides is 1. The molecule has 0 unspecified atom stereocenters. The molecule has 2 aliphatic heterocycles. The van der Waals surface area contributed by atoms with Gasteiger partial charge >= 0.3 is 0 Å². The van der Waals surface area contributed by atoms with Gasteiger partial charge in [0.05, 0.1) is 11.4 Å². The number of nitrogens with zero attached hydrogens (tertiary/aromatic N) is 2. The molecule has 31 heavy (non-hydrogen) atoms. The fraction of sp³-hybridized carbons (Fsp3) is 0.458. The van der Waals surface area contributed by atoms with Gasteiger partial charge in [-0.05, 0) is 49.1 Å². The van der Waals surface area contributed by atoms with Crippen LogP contribution in [0.1, 0.15) is 43.4 Å². The minimum Gasteiger partial charge on any atom is -0.361 e. The zero-order valence-corrected chi connectivity index (χ0v) is 19.3. The summed E-state index contributed by atoms with van der Waals surface area (Å²) in [5, 5.41) is 0. The van der Waals surface area contributed by atoms with E-state index in [1.807, 2.05) is 42.2 Å². The molecule has 7 heteroatoms. The van der Waals surface area contributed by atoms with Crippen LogP contribution in [-0.4, -0.2) is 45.4 Å². The molecule has 1 fully saturated rings. The Balaban J connectivity index is 1.52. The number of hydrogen-bond donors (Lipinski definition) is 1. The lowest BCUT2D eigenvalue weighted by molar-refractivity contribution is -0.128. The lowest BCUT2D eigenvalue weighted by Crippen LogP contribution is -2.40. The topological polar surface area (TPSA) is 69.7 Å². The first-order valence-corrected chi connectivity index (χ1v) is 12.4. The van der Waals surface area contributed by atoms with Crippen LogP contribution in [0.2, 0.25) is 0 Å². The molecule has 0 aliphatic carbocycles. The lowest BCUT2D eigenvalue weighted by atomic mass is 9.87. The zero-order valence-electron chi connectivity index (χ0n) is 18.5. The standard InChI is InChI=1S/C24H31N3O3S/c1-18-6-8-19(9-7-18)15-25-31(29,30)20-10-11-22-21(14-20)24(2,3)17-27(22)16-23(28)26-12-4-5-13-26/h6-11,14,25H,4-5,12-13,15-17H2,1-3H3. The molecule has 2 heterocycles. The smallest absolute Gasteiger partial charge is 0.242 e. The van der Waals surface area contributed by atoms with Gasteiger partial charge in [-0.3, -0.25) is 4.79 Å². The minimum atomic E-state index is -3.64. The van der Waals surface area contributed by atoms with Gasteiger partial charge in [0.1, 0.15) is 0 Å². The Kier molecular flexibility index (Phi) is 5.83. The van der Waals surface area contributed by atoms with Crippen molar-refractivity contribution in [2.75, 3.05) is 31.1 Å². The van der Waals surface area contributed by atoms with E-state index in [1.165, 1.54) is 0 Å². The number of carbonyl (C=O) groups is 1. The second kappa shape index (κ2) is 8.28. The highest BCUT2D eigenvalue weighted by atomic mass is 32.2. The van der Waals surface area contributed by atoms with Crippen LogP contribution < -0.4 is 9.62 Å². The summed E-state index contributed by atoms with van der Waals surface area (Å²) >= 11 is 0. The van der Waals surface area contributed by atoms with Gasteiger partial charge in [-0.1, -0.05) is 43.7 Å². The SMILES string of the molecule is Cc1ccc(CNS(=O)(=O)c2ccc3c(c2)C(C)(C)CN3CC(=O)N2CCCC2)cc1. The van der Waals surface area contributed by atoms with Crippen molar-refractivity contribution in [3.63, 3.8) is 0 Å². The maximum atomic E-state index is 12.9. The van der Waals surface area contributed by atoms with Gasteiger partial charge in [-0.25, -0.2) is 13.1 Å². The maximum absolute atomic E-state index is 12.9. The largest absolute Gasteiger partial charge is 0.361 e. The highest BCUT2D eigenvalue weighted by Gasteiger charge is 2.37. The van der Waals surface area contributed by atoms with Crippen LogP contribution in [-0.2, 0) is 26.8 Å². The Labute approximate surface area is 185 Å². The van der Waals surface area contributed by atoms with Crippen molar-refractivity contribution in [1.29, 1.82) is 0 Å². The van der Waals surface area contributed by atoms with Gasteiger partial charge in [-0.2, -0.15) is 0 Å². The van der Waals surface area contributed by atoms with Crippen LogP contribution in [0, 0.1) is 6.92 Å². The van der Waals surface area contributed by atoms with Crippen molar-refractivity contribution < 1.29 is 13.2 Å². The van der Waals surface area contributed by atoms with Crippen LogP contribution in [0.15, 0.2) is 47.4 Å². The van der Waals surface area contributed by atoms with Crippen LogP contribution in [0.3, 0.4) is 0 Å². The third-order valence-electron chi connectivity index (χ3n) is 6.31. The molecule has 0 bridgehead atoms. The summed E-state index contributed by atoms with van der Waals surface area (Å²) in [5.74, 6) is 0.151. The second-order valence-corrected chi connectivity index (χ2v) is 11.1. The number of likely N-dealkylation sites (tertiary alicyclic amines) is 1. The predicted octanol–water partition coefficient (Wildman–Crippen LogP) is 3.19. The highest BCUT2D eigenvalue weighted by Crippen LogP contribution is 2.41. The predicted molar refractivity (Wildman–Crippen MR) is 123 cm³/mol. The molecule has 6 nitrogen and oxygen atoms in total. The van der Waals surface area contributed by atoms with Crippen molar-refractivity contribution in [3.8, 4) is 0 Å². The molecule has 2 aliphatic rings. The van der Waals surface area contributed by atoms with Crippen molar-refractivity contribution in [1.82, 2.24) is 9.62 Å². The molecule has 1 amide bonds. The Hall–Kier alpha value is -2.38. The molecule has 1 N–H and O–H groups in total. The first-order chi connectivity index (χ1) is 14.7. The molecular weight excluding hydrogens is 410 g/mol. The van der Waals surface area contributed by atoms with E-state index in [1.54, 1.807) is 12.1 Å². The van der Waals surface area contributed by atoms with E-state index >= 15 is 0 Å². The third-order valence-corrected chi connectivity index (χ3v) is 7.70. The average Bonchev–Trinajstić information content (AvgIpc) is 3.35. The Morgan fingerprint density at radius 2 is 1.74 bits per heavy atom. The fourth-order valence-corrected chi connectivity index (χ4v) is 5.53. The van der Waals surface area contributed by atoms with E-state index in [-0.39, 0.29) is 22.8 Å². The van der Waals surface area contributed by atoms with E-state index in [0.717, 1.165) is 48.3 Å². The normalized spacial score (nSPS) is 17.8. The quantitative estimate of drug-likeness (QED) is 0.748. The van der Waals surface area contributed by atoms with E-state index in [2.05, 4.69) is 23.5 Å². The molecule has 4 rings (SSSR count). The van der Waals surface area contributed by atoms with Crippen LogP contribution in [0.25, 0.3) is 0 Å². The van der Waals surface area contributed by atoms with Crippen LogP contribution >= 0.6 is 0 Å². The van der Waals surface area contributed by atoms with E-state index in [9.17, 15) is 13.2 Å². The summed E-state index contributed by atoms with van der Waals surface area (Å²) in [4.78, 5) is 16.9. The number of sulfonamides is 1. The van der Waals surface area contributed by atoms with E-state index < -0.39 is 10.0 Å². The van der Waals surface area contributed by atoms with E-state index in [4.69, 9.17) is 0 Å². The second-order valence-electron chi connectivity index (χ2n) is 9.32. The molecule has 0 radical (unpaired) electrons. The number of aryl methyl sites for hydroxylation is 1. The van der Waals surface area contributed by atoms with Crippen molar-refractivity contribution in [2.45, 2.75) is 50.5 Å². The molecular formula is C24H31N3O3S. The highest BCUT2D eigenvalue weighted by molar-refractivity contribution is 7.89. The molecule has 0 atom stereocenters. The molecule has 0 spiro atoms. The van der Waals surface area contributed by atoms with Crippen molar-refractivity contribution in [3.05, 3.63) is 59.2 Å². The lowest BCUT2D eigenvalue weighted by Gasteiger charge is -2.24. The van der Waals surface area contributed by atoms with Crippen molar-refractivity contribution in [2.24, 2.45) is 0 Å². The zero-order chi connectivity index (χ0) is 22.2. The summed E-state index contributed by atoms with van der Waals surface area (Å²) < 4.78 is 28.6. The van der Waals surface area contributed by atoms with Gasteiger partial charge in [0.25, 0.3) is 0 Å². The number of anilines is 1. The molecule has 2 aromatic rings.